The van der Waals surface area contributed by atoms with E-state index in [2.05, 4.69) is 29.8 Å². The summed E-state index contributed by atoms with van der Waals surface area (Å²) in [7, 11) is -4.57. The van der Waals surface area contributed by atoms with Crippen LogP contribution < -0.4 is 19.7 Å². The summed E-state index contributed by atoms with van der Waals surface area (Å²) in [5.41, 5.74) is 4.40. The predicted octanol–water partition coefficient (Wildman–Crippen LogP) is 6.99. The molecule has 4 heterocycles. The van der Waals surface area contributed by atoms with Crippen molar-refractivity contribution in [1.29, 1.82) is 0 Å². The third kappa shape index (κ3) is 9.42. The summed E-state index contributed by atoms with van der Waals surface area (Å²) in [6, 6.07) is 19.8. The zero-order valence-corrected chi connectivity index (χ0v) is 34.4. The molecule has 1 aliphatic carbocycles. The van der Waals surface area contributed by atoms with Crippen molar-refractivity contribution in [3.63, 3.8) is 0 Å². The van der Waals surface area contributed by atoms with E-state index in [1.165, 1.54) is 30.0 Å². The molecule has 0 saturated carbocycles. The maximum Gasteiger partial charge on any atom is 0.293 e. The standard InChI is InChI=1S/C43H46ClN7O8S/c44-31-6-4-29(5-7-31)35-2-1-3-40(52)37(35)27-49-16-18-50(19-17-49)32-8-10-36(41(23-32)59-33-22-30-12-15-45-42(30)47-26-33)43(53)48-60(56,57)34-9-11-38(39(24-34)51(54)55)46-25-28-13-20-58-21-14-28/h4-12,15,22-24,26,28,40,46,52H,1-3,13-14,16-21,25,27H2,(H,45,47)(H,48,53). The van der Waals surface area contributed by atoms with Crippen LogP contribution in [0.3, 0.4) is 0 Å². The van der Waals surface area contributed by atoms with Gasteiger partial charge in [-0.25, -0.2) is 18.1 Å². The van der Waals surface area contributed by atoms with Crippen LogP contribution in [-0.4, -0.2) is 97.8 Å². The number of amides is 1. The second-order valence-corrected chi connectivity index (χ2v) is 17.5. The van der Waals surface area contributed by atoms with Gasteiger partial charge in [0.2, 0.25) is 0 Å². The lowest BCUT2D eigenvalue weighted by atomic mass is 9.85. The van der Waals surface area contributed by atoms with Gasteiger partial charge in [0, 0.05) is 86.9 Å². The van der Waals surface area contributed by atoms with Gasteiger partial charge in [-0.2, -0.15) is 0 Å². The van der Waals surface area contributed by atoms with Crippen molar-refractivity contribution in [3.05, 3.63) is 117 Å². The number of hydrogen-bond donors (Lipinski definition) is 4. The van der Waals surface area contributed by atoms with Crippen molar-refractivity contribution in [1.82, 2.24) is 19.6 Å². The summed E-state index contributed by atoms with van der Waals surface area (Å²) in [6.07, 6.45) is 6.91. The van der Waals surface area contributed by atoms with E-state index in [9.17, 15) is 28.4 Å². The maximum absolute atomic E-state index is 13.9. The summed E-state index contributed by atoms with van der Waals surface area (Å²) in [4.78, 5) is 36.8. The molecule has 3 aliphatic rings. The van der Waals surface area contributed by atoms with Crippen LogP contribution in [0.1, 0.15) is 48.0 Å². The Morgan fingerprint density at radius 3 is 2.57 bits per heavy atom. The van der Waals surface area contributed by atoms with Crippen LogP contribution in [0.25, 0.3) is 16.6 Å². The molecule has 0 spiro atoms. The van der Waals surface area contributed by atoms with Gasteiger partial charge in [-0.15, -0.1) is 0 Å². The first-order valence-corrected chi connectivity index (χ1v) is 21.9. The van der Waals surface area contributed by atoms with Crippen molar-refractivity contribution >= 4 is 61.2 Å². The minimum atomic E-state index is -4.57. The molecule has 15 nitrogen and oxygen atoms in total. The summed E-state index contributed by atoms with van der Waals surface area (Å²) in [5, 5.41) is 27.7. The number of halogens is 1. The number of anilines is 2. The van der Waals surface area contributed by atoms with Crippen LogP contribution in [0.5, 0.6) is 11.5 Å². The summed E-state index contributed by atoms with van der Waals surface area (Å²) < 4.78 is 41.0. The van der Waals surface area contributed by atoms with E-state index in [0.717, 1.165) is 60.4 Å². The van der Waals surface area contributed by atoms with Crippen LogP contribution in [0.15, 0.2) is 95.7 Å². The Balaban J connectivity index is 1.01. The Morgan fingerprint density at radius 2 is 1.80 bits per heavy atom. The highest BCUT2D eigenvalue weighted by molar-refractivity contribution is 7.90. The number of hydrogen-bond acceptors (Lipinski definition) is 12. The molecule has 1 amide bonds. The number of rotatable bonds is 13. The number of ether oxygens (including phenoxy) is 2. The minimum absolute atomic E-state index is 0.0627. The second-order valence-electron chi connectivity index (χ2n) is 15.4. The van der Waals surface area contributed by atoms with Crippen molar-refractivity contribution in [2.75, 3.05) is 62.7 Å². The fourth-order valence-electron chi connectivity index (χ4n) is 8.10. The normalized spacial score (nSPS) is 18.1. The van der Waals surface area contributed by atoms with Gasteiger partial charge in [-0.05, 0) is 103 Å². The summed E-state index contributed by atoms with van der Waals surface area (Å²) in [6.45, 7) is 5.08. The molecule has 0 bridgehead atoms. The second kappa shape index (κ2) is 18.0. The van der Waals surface area contributed by atoms with E-state index in [-0.39, 0.29) is 22.9 Å². The first-order chi connectivity index (χ1) is 29.0. The van der Waals surface area contributed by atoms with Gasteiger partial charge in [0.15, 0.2) is 0 Å². The topological polar surface area (TPSA) is 192 Å². The van der Waals surface area contributed by atoms with Gasteiger partial charge in [0.05, 0.1) is 27.7 Å². The molecule has 314 valence electrons. The third-order valence-corrected chi connectivity index (χ3v) is 13.0. The number of carbonyl (C=O) groups excluding carboxylic acids is 1. The molecule has 60 heavy (non-hydrogen) atoms. The van der Waals surface area contributed by atoms with Gasteiger partial charge < -0.3 is 29.8 Å². The molecule has 2 aromatic heterocycles. The van der Waals surface area contributed by atoms with Crippen LogP contribution in [0.2, 0.25) is 5.02 Å². The van der Waals surface area contributed by atoms with Crippen molar-refractivity contribution < 1.29 is 32.7 Å². The lowest BCUT2D eigenvalue weighted by Gasteiger charge is -2.38. The SMILES string of the molecule is O=C(NS(=O)(=O)c1ccc(NCC2CCOCC2)c([N+](=O)[O-])c1)c1ccc(N2CCN(CC3=C(c4ccc(Cl)cc4)CCCC3O)CC2)cc1Oc1cnc2[nH]ccc2c1. The highest BCUT2D eigenvalue weighted by Crippen LogP contribution is 2.36. The van der Waals surface area contributed by atoms with Gasteiger partial charge in [0.25, 0.3) is 21.6 Å². The van der Waals surface area contributed by atoms with Crippen LogP contribution in [-0.2, 0) is 14.8 Å². The lowest BCUT2D eigenvalue weighted by molar-refractivity contribution is -0.384. The number of sulfonamides is 1. The molecule has 17 heteroatoms. The number of fused-ring (bicyclic) bond motifs is 1. The molecule has 2 fully saturated rings. The fraction of sp³-hybridized carbons (Fsp3) is 0.349. The zero-order chi connectivity index (χ0) is 41.8. The van der Waals surface area contributed by atoms with E-state index in [1.54, 1.807) is 24.4 Å². The van der Waals surface area contributed by atoms with Crippen molar-refractivity contribution in [3.8, 4) is 11.5 Å². The van der Waals surface area contributed by atoms with Gasteiger partial charge in [-0.1, -0.05) is 23.7 Å². The number of nitrogens with zero attached hydrogens (tertiary/aromatic N) is 4. The van der Waals surface area contributed by atoms with Crippen molar-refractivity contribution in [2.45, 2.75) is 43.1 Å². The summed E-state index contributed by atoms with van der Waals surface area (Å²) >= 11 is 6.16. The number of nitro groups is 1. The monoisotopic (exact) mass is 855 g/mol. The van der Waals surface area contributed by atoms with Crippen LogP contribution in [0, 0.1) is 16.0 Å². The van der Waals surface area contributed by atoms with Gasteiger partial charge in [0.1, 0.15) is 22.8 Å². The quantitative estimate of drug-likeness (QED) is 0.0702. The number of piperazine rings is 1. The van der Waals surface area contributed by atoms with E-state index in [0.29, 0.717) is 68.9 Å². The number of aliphatic hydroxyl groups excluding tert-OH is 1. The molecule has 1 atom stereocenters. The molecular formula is C43H46ClN7O8S. The number of nitro benzene ring substituents is 1. The van der Waals surface area contributed by atoms with Gasteiger partial charge >= 0.3 is 0 Å². The minimum Gasteiger partial charge on any atom is -0.455 e. The predicted molar refractivity (Wildman–Crippen MR) is 229 cm³/mol. The van der Waals surface area contributed by atoms with Gasteiger partial charge in [-0.3, -0.25) is 19.8 Å². The largest absolute Gasteiger partial charge is 0.455 e. The van der Waals surface area contributed by atoms with E-state index in [1.807, 2.05) is 30.3 Å². The van der Waals surface area contributed by atoms with Crippen molar-refractivity contribution in [2.24, 2.45) is 5.92 Å². The fourth-order valence-corrected chi connectivity index (χ4v) is 9.21. The smallest absolute Gasteiger partial charge is 0.293 e. The molecule has 5 aromatic rings. The Hall–Kier alpha value is -5.52. The number of benzene rings is 3. The number of H-pyrrole nitrogens is 1. The molecule has 2 saturated heterocycles. The number of nitrogens with one attached hydrogen (secondary N) is 3. The number of pyridine rings is 1. The lowest BCUT2D eigenvalue weighted by Crippen LogP contribution is -2.47. The Labute approximate surface area is 352 Å². The number of allylic oxidation sites excluding steroid dienone is 1. The molecule has 0 radical (unpaired) electrons. The third-order valence-electron chi connectivity index (χ3n) is 11.5. The Bertz CT molecular complexity index is 2520. The molecule has 3 aromatic carbocycles. The maximum atomic E-state index is 13.9. The van der Waals surface area contributed by atoms with Crippen LogP contribution >= 0.6 is 11.6 Å². The average molecular weight is 856 g/mol. The Morgan fingerprint density at radius 1 is 1.02 bits per heavy atom. The first-order valence-electron chi connectivity index (χ1n) is 20.1. The summed E-state index contributed by atoms with van der Waals surface area (Å²) in [5.74, 6) is -0.280. The molecular weight excluding hydrogens is 810 g/mol. The highest BCUT2D eigenvalue weighted by atomic mass is 35.5. The molecule has 1 unspecified atom stereocenters. The van der Waals surface area contributed by atoms with E-state index < -0.39 is 37.5 Å². The average Bonchev–Trinajstić information content (AvgIpc) is 3.72. The zero-order valence-electron chi connectivity index (χ0n) is 32.8. The van der Waals surface area contributed by atoms with E-state index in [4.69, 9.17) is 21.1 Å². The number of aliphatic hydroxyl groups is 1. The molecule has 4 N–H and O–H groups in total. The van der Waals surface area contributed by atoms with Crippen LogP contribution in [0.4, 0.5) is 17.1 Å². The number of carbonyl (C=O) groups is 1. The molecule has 2 aliphatic heterocycles. The Kier molecular flexibility index (Phi) is 12.4. The number of aromatic amines is 1. The first kappa shape index (κ1) is 41.2. The number of aromatic nitrogens is 2. The highest BCUT2D eigenvalue weighted by Gasteiger charge is 2.29. The molecule has 8 rings (SSSR count). The van der Waals surface area contributed by atoms with E-state index >= 15 is 0 Å².